The number of hydrogen-bond donors (Lipinski definition) is 0. The van der Waals surface area contributed by atoms with Gasteiger partial charge in [-0.25, -0.2) is 4.98 Å². The highest BCUT2D eigenvalue weighted by atomic mass is 35.5. The molecule has 0 amide bonds. The van der Waals surface area contributed by atoms with Gasteiger partial charge in [0.1, 0.15) is 5.01 Å². The zero-order valence-corrected chi connectivity index (χ0v) is 12.4. The van der Waals surface area contributed by atoms with Gasteiger partial charge in [0.05, 0.1) is 16.6 Å². The van der Waals surface area contributed by atoms with Crippen LogP contribution in [-0.4, -0.2) is 21.9 Å². The van der Waals surface area contributed by atoms with Crippen LogP contribution in [-0.2, 0) is 6.54 Å². The first-order valence-corrected chi connectivity index (χ1v) is 7.53. The fraction of sp³-hybridized carbons (Fsp3) is 0.286. The summed E-state index contributed by atoms with van der Waals surface area (Å²) >= 11 is 7.22. The Kier molecular flexibility index (Phi) is 3.60. The summed E-state index contributed by atoms with van der Waals surface area (Å²) in [6.45, 7) is 2.03. The third-order valence-electron chi connectivity index (χ3n) is 3.35. The van der Waals surface area contributed by atoms with Crippen LogP contribution in [0.15, 0.2) is 24.3 Å². The summed E-state index contributed by atoms with van der Waals surface area (Å²) in [4.78, 5) is 17.3. The quantitative estimate of drug-likeness (QED) is 0.848. The van der Waals surface area contributed by atoms with E-state index in [2.05, 4.69) is 4.98 Å². The van der Waals surface area contributed by atoms with Crippen LogP contribution in [0.1, 0.15) is 28.7 Å². The fourth-order valence-corrected chi connectivity index (χ4v) is 3.49. The number of carbonyl (C=O) groups is 1. The van der Waals surface area contributed by atoms with Crippen molar-refractivity contribution in [2.24, 2.45) is 0 Å². The van der Waals surface area contributed by atoms with Crippen LogP contribution < -0.4 is 0 Å². The Labute approximate surface area is 125 Å². The normalized spacial score (nSPS) is 19.1. The molecular weight excluding hydrogens is 296 g/mol. The number of carbonyl (C=O) groups excluding carboxylic acids is 1. The summed E-state index contributed by atoms with van der Waals surface area (Å²) in [5.41, 5.74) is 1.50. The number of nitrogens with zero attached hydrogens (tertiary/aromatic N) is 2. The molecule has 4 nitrogen and oxygen atoms in total. The molecule has 3 rings (SSSR count). The van der Waals surface area contributed by atoms with Crippen LogP contribution in [0.5, 0.6) is 0 Å². The first-order chi connectivity index (χ1) is 9.60. The number of fused-ring (bicyclic) bond motifs is 1. The van der Waals surface area contributed by atoms with Gasteiger partial charge in [0.25, 0.3) is 0 Å². The van der Waals surface area contributed by atoms with Crippen molar-refractivity contribution in [2.45, 2.75) is 25.9 Å². The number of halogens is 1. The molecule has 0 fully saturated rings. The lowest BCUT2D eigenvalue weighted by Gasteiger charge is -2.38. The molecule has 0 saturated heterocycles. The van der Waals surface area contributed by atoms with Gasteiger partial charge >= 0.3 is 0 Å². The molecule has 104 valence electrons. The molecule has 20 heavy (non-hydrogen) atoms. The molecule has 1 aliphatic rings. The molecule has 0 N–H and O–H groups in total. The lowest BCUT2D eigenvalue weighted by atomic mass is 10.0. The van der Waals surface area contributed by atoms with Gasteiger partial charge in [-0.15, -0.1) is 11.3 Å². The number of hydroxylamine groups is 2. The van der Waals surface area contributed by atoms with Crippen molar-refractivity contribution in [2.75, 3.05) is 0 Å². The van der Waals surface area contributed by atoms with Gasteiger partial charge in [-0.1, -0.05) is 30.7 Å². The van der Waals surface area contributed by atoms with Gasteiger partial charge in [-0.3, -0.25) is 4.79 Å². The number of aromatic nitrogens is 1. The first kappa shape index (κ1) is 13.7. The summed E-state index contributed by atoms with van der Waals surface area (Å²) in [6, 6.07) is 6.73. The minimum atomic E-state index is -0.569. The lowest BCUT2D eigenvalue weighted by Crippen LogP contribution is -2.40. The van der Waals surface area contributed by atoms with E-state index < -0.39 is 6.04 Å². The van der Waals surface area contributed by atoms with E-state index in [0.717, 1.165) is 15.6 Å². The zero-order chi connectivity index (χ0) is 14.3. The van der Waals surface area contributed by atoms with E-state index in [9.17, 15) is 10.0 Å². The van der Waals surface area contributed by atoms with E-state index in [-0.39, 0.29) is 12.3 Å². The second kappa shape index (κ2) is 5.26. The second-order valence-corrected chi connectivity index (χ2v) is 6.10. The molecule has 2 heterocycles. The Bertz CT molecular complexity index is 654. The molecule has 1 aromatic heterocycles. The summed E-state index contributed by atoms with van der Waals surface area (Å²) in [6.07, 6.45) is 0.524. The number of hydrogen-bond acceptors (Lipinski definition) is 5. The molecule has 0 spiro atoms. The van der Waals surface area contributed by atoms with Crippen molar-refractivity contribution in [1.29, 1.82) is 0 Å². The Balaban J connectivity index is 2.01. The number of Topliss-reactive ketones (excluding diaryl/α,β-unsaturated/α-hetero) is 1. The molecule has 1 aromatic carbocycles. The molecular formula is C14H12ClN2O2S-. The Morgan fingerprint density at radius 1 is 1.45 bits per heavy atom. The molecule has 0 aliphatic carbocycles. The molecule has 0 radical (unpaired) electrons. The highest BCUT2D eigenvalue weighted by Crippen LogP contribution is 2.34. The van der Waals surface area contributed by atoms with Crippen LogP contribution in [0, 0.1) is 5.21 Å². The zero-order valence-electron chi connectivity index (χ0n) is 10.8. The van der Waals surface area contributed by atoms with Crippen LogP contribution in [0.4, 0.5) is 0 Å². The van der Waals surface area contributed by atoms with Gasteiger partial charge < -0.3 is 10.3 Å². The van der Waals surface area contributed by atoms with Crippen molar-refractivity contribution in [3.63, 3.8) is 0 Å². The Morgan fingerprint density at radius 2 is 2.15 bits per heavy atom. The topological polar surface area (TPSA) is 56.3 Å². The van der Waals surface area contributed by atoms with Crippen LogP contribution in [0.2, 0.25) is 5.02 Å². The van der Waals surface area contributed by atoms with Crippen LogP contribution in [0.3, 0.4) is 0 Å². The number of ketones is 1. The van der Waals surface area contributed by atoms with E-state index in [1.165, 1.54) is 11.3 Å². The van der Waals surface area contributed by atoms with Gasteiger partial charge in [-0.05, 0) is 18.6 Å². The summed E-state index contributed by atoms with van der Waals surface area (Å²) in [5, 5.41) is 14.1. The van der Waals surface area contributed by atoms with E-state index in [0.29, 0.717) is 22.0 Å². The highest BCUT2D eigenvalue weighted by Gasteiger charge is 2.31. The molecule has 1 atom stereocenters. The number of thiazole rings is 1. The van der Waals surface area contributed by atoms with Crippen LogP contribution >= 0.6 is 22.9 Å². The maximum absolute atomic E-state index is 12.3. The summed E-state index contributed by atoms with van der Waals surface area (Å²) < 4.78 is 0. The van der Waals surface area contributed by atoms with E-state index in [1.54, 1.807) is 12.1 Å². The molecule has 1 aliphatic heterocycles. The van der Waals surface area contributed by atoms with Crippen molar-refractivity contribution >= 4 is 28.7 Å². The van der Waals surface area contributed by atoms with Gasteiger partial charge in [-0.2, -0.15) is 0 Å². The summed E-state index contributed by atoms with van der Waals surface area (Å²) in [7, 11) is 0. The summed E-state index contributed by atoms with van der Waals surface area (Å²) in [5.74, 6) is -0.110. The average Bonchev–Trinajstić information content (AvgIpc) is 2.84. The van der Waals surface area contributed by atoms with Crippen molar-refractivity contribution in [3.8, 4) is 10.6 Å². The maximum Gasteiger partial charge on any atom is 0.190 e. The molecule has 0 saturated carbocycles. The van der Waals surface area contributed by atoms with Gasteiger partial charge in [0.2, 0.25) is 0 Å². The number of benzene rings is 1. The molecule has 1 unspecified atom stereocenters. The van der Waals surface area contributed by atoms with Gasteiger partial charge in [0.15, 0.2) is 5.78 Å². The molecule has 2 aromatic rings. The maximum atomic E-state index is 12.3. The number of rotatable bonds is 2. The third kappa shape index (κ3) is 2.27. The predicted molar refractivity (Wildman–Crippen MR) is 79.9 cm³/mol. The lowest BCUT2D eigenvalue weighted by molar-refractivity contribution is 0.0838. The minimum Gasteiger partial charge on any atom is -0.784 e. The van der Waals surface area contributed by atoms with E-state index >= 15 is 0 Å². The minimum absolute atomic E-state index is 0.110. The van der Waals surface area contributed by atoms with Crippen molar-refractivity contribution in [1.82, 2.24) is 10.0 Å². The predicted octanol–water partition coefficient (Wildman–Crippen LogP) is 3.74. The largest absolute Gasteiger partial charge is 0.784 e. The van der Waals surface area contributed by atoms with Crippen molar-refractivity contribution in [3.05, 3.63) is 45.1 Å². The Morgan fingerprint density at radius 3 is 2.80 bits per heavy atom. The highest BCUT2D eigenvalue weighted by molar-refractivity contribution is 7.17. The Hall–Kier alpha value is -1.27. The van der Waals surface area contributed by atoms with Crippen molar-refractivity contribution < 1.29 is 4.79 Å². The van der Waals surface area contributed by atoms with E-state index in [4.69, 9.17) is 11.6 Å². The SMILES string of the molecule is CCC1C(=O)c2sc(-c3ccc(Cl)cc3)nc2CN1[O-]. The first-order valence-electron chi connectivity index (χ1n) is 6.33. The van der Waals surface area contributed by atoms with Gasteiger partial charge in [0, 0.05) is 17.1 Å². The fourth-order valence-electron chi connectivity index (χ4n) is 2.30. The van der Waals surface area contributed by atoms with Crippen LogP contribution in [0.25, 0.3) is 10.6 Å². The smallest absolute Gasteiger partial charge is 0.190 e. The third-order valence-corrected chi connectivity index (χ3v) is 4.77. The standard InChI is InChI=1S/C14H12ClN2O2S/c1-2-11-12(18)13-10(7-17(11)19)16-14(20-13)8-3-5-9(15)6-4-8/h3-6,11H,2,7H2,1H3/q-1. The average molecular weight is 308 g/mol. The monoisotopic (exact) mass is 307 g/mol. The molecule has 6 heteroatoms. The second-order valence-electron chi connectivity index (χ2n) is 4.67. The molecule has 0 bridgehead atoms. The van der Waals surface area contributed by atoms with E-state index in [1.807, 2.05) is 19.1 Å².